The number of nitrogens with one attached hydrogen (secondary N) is 2. The minimum absolute atomic E-state index is 0. The zero-order chi connectivity index (χ0) is 9.07. The number of nitrogens with two attached hydrogens (primary N) is 2. The van der Waals surface area contributed by atoms with E-state index in [0.29, 0.717) is 0 Å². The predicted molar refractivity (Wildman–Crippen MR) is 73.7 cm³/mol. The Morgan fingerprint density at radius 3 is 1.05 bits per heavy atom. The Hall–Kier alpha value is 0.714. The predicted octanol–water partition coefficient (Wildman–Crippen LogP) is -11.4. The summed E-state index contributed by atoms with van der Waals surface area (Å²) in [5.74, 6) is 0. The van der Waals surface area contributed by atoms with Crippen molar-refractivity contribution in [1.29, 1.82) is 0 Å². The monoisotopic (exact) mass is 394 g/mol. The molecule has 0 unspecified atom stereocenters. The SMILES string of the molecule is NCCCNCCNCCCN.O.O.O.[Cl-].[Cl-].[Ni+2].[OH3+].[OH3+]. The summed E-state index contributed by atoms with van der Waals surface area (Å²) in [5, 5.41) is 6.58. The van der Waals surface area contributed by atoms with Crippen molar-refractivity contribution in [1.82, 2.24) is 10.6 Å². The molecule has 0 rings (SSSR count). The van der Waals surface area contributed by atoms with Gasteiger partial charge in [0.1, 0.15) is 0 Å². The van der Waals surface area contributed by atoms with Crippen LogP contribution >= 0.6 is 0 Å². The van der Waals surface area contributed by atoms with Crippen molar-refractivity contribution in [2.45, 2.75) is 12.8 Å². The van der Waals surface area contributed by atoms with Gasteiger partial charge in [-0.15, -0.1) is 0 Å². The maximum absolute atomic E-state index is 5.34. The van der Waals surface area contributed by atoms with E-state index in [-0.39, 0.29) is 68.7 Å². The van der Waals surface area contributed by atoms with Crippen molar-refractivity contribution in [2.75, 3.05) is 39.3 Å². The molecule has 0 aromatic heterocycles. The summed E-state index contributed by atoms with van der Waals surface area (Å²) in [6.45, 7) is 5.63. The van der Waals surface area contributed by atoms with Crippen LogP contribution in [0.3, 0.4) is 0 Å². The van der Waals surface area contributed by atoms with E-state index in [1.54, 1.807) is 0 Å². The Balaban J connectivity index is -0.0000000216. The van der Waals surface area contributed by atoms with Crippen LogP contribution in [0.15, 0.2) is 0 Å². The van der Waals surface area contributed by atoms with Crippen LogP contribution in [0.1, 0.15) is 12.8 Å². The normalized spacial score (nSPS) is 6.30. The average molecular weight is 396 g/mol. The Morgan fingerprint density at radius 1 is 0.600 bits per heavy atom. The van der Waals surface area contributed by atoms with Gasteiger partial charge in [0.2, 0.25) is 0 Å². The minimum atomic E-state index is 0. The van der Waals surface area contributed by atoms with E-state index >= 15 is 0 Å². The van der Waals surface area contributed by atoms with Crippen molar-refractivity contribution in [3.8, 4) is 0 Å². The molecule has 0 aliphatic carbocycles. The van der Waals surface area contributed by atoms with Crippen LogP contribution < -0.4 is 46.9 Å². The van der Waals surface area contributed by atoms with Gasteiger partial charge in [0, 0.05) is 13.1 Å². The second kappa shape index (κ2) is 60.1. The largest absolute Gasteiger partial charge is 2.00 e. The molecule has 12 heteroatoms. The van der Waals surface area contributed by atoms with Crippen LogP contribution in [-0.2, 0) is 27.4 Å². The van der Waals surface area contributed by atoms with Gasteiger partial charge in [-0.05, 0) is 39.0 Å². The average Bonchev–Trinajstić information content (AvgIpc) is 2.10. The van der Waals surface area contributed by atoms with Crippen LogP contribution in [-0.4, -0.2) is 55.7 Å². The Bertz CT molecular complexity index is 97.3. The van der Waals surface area contributed by atoms with Gasteiger partial charge in [-0.2, -0.15) is 0 Å². The fourth-order valence-electron chi connectivity index (χ4n) is 0.881. The Kier molecular flexibility index (Phi) is 176. The van der Waals surface area contributed by atoms with Crippen molar-refractivity contribution in [2.24, 2.45) is 11.5 Å². The summed E-state index contributed by atoms with van der Waals surface area (Å²) in [6.07, 6.45) is 2.12. The fraction of sp³-hybridized carbons (Fsp3) is 1.00. The molecule has 0 aliphatic rings. The maximum atomic E-state index is 5.34. The quantitative estimate of drug-likeness (QED) is 0.169. The van der Waals surface area contributed by atoms with E-state index in [2.05, 4.69) is 10.6 Å². The van der Waals surface area contributed by atoms with E-state index in [0.717, 1.165) is 52.1 Å². The molecule has 0 aromatic rings. The summed E-state index contributed by atoms with van der Waals surface area (Å²) in [6, 6.07) is 0. The van der Waals surface area contributed by atoms with Crippen molar-refractivity contribution in [3.05, 3.63) is 0 Å². The molecule has 0 aromatic carbocycles. The third kappa shape index (κ3) is 62.2. The van der Waals surface area contributed by atoms with Gasteiger partial charge in [-0.3, -0.25) is 0 Å². The van der Waals surface area contributed by atoms with Gasteiger partial charge in [0.05, 0.1) is 0 Å². The van der Waals surface area contributed by atoms with Gasteiger partial charge < -0.3 is 74.3 Å². The number of halogens is 2. The number of rotatable bonds is 9. The second-order valence-electron chi connectivity index (χ2n) is 2.78. The molecule has 0 radical (unpaired) electrons. The minimum Gasteiger partial charge on any atom is -1.00 e. The molecule has 0 spiro atoms. The molecular formula is C8H34Cl2N4NiO5+2. The van der Waals surface area contributed by atoms with Crippen LogP contribution in [0.5, 0.6) is 0 Å². The molecule has 0 heterocycles. The topological polar surface area (TPSA) is 237 Å². The Morgan fingerprint density at radius 2 is 0.850 bits per heavy atom. The van der Waals surface area contributed by atoms with E-state index in [9.17, 15) is 0 Å². The molecule has 0 atom stereocenters. The first-order valence-electron chi connectivity index (χ1n) is 4.73. The summed E-state index contributed by atoms with van der Waals surface area (Å²) < 4.78 is 0. The van der Waals surface area contributed by atoms with Crippen LogP contribution in [0, 0.1) is 0 Å². The number of hydrogen-bond donors (Lipinski definition) is 4. The van der Waals surface area contributed by atoms with Crippen molar-refractivity contribution >= 4 is 0 Å². The number of hydrogen-bond acceptors (Lipinski definition) is 4. The van der Waals surface area contributed by atoms with Crippen LogP contribution in [0.2, 0.25) is 0 Å². The van der Waals surface area contributed by atoms with Crippen molar-refractivity contribution in [3.63, 3.8) is 0 Å². The first kappa shape index (κ1) is 58.7. The van der Waals surface area contributed by atoms with Crippen molar-refractivity contribution < 1.29 is 68.7 Å². The maximum Gasteiger partial charge on any atom is 2.00 e. The molecular weight excluding hydrogens is 362 g/mol. The molecule has 0 aliphatic heterocycles. The van der Waals surface area contributed by atoms with Crippen LogP contribution in [0.4, 0.5) is 0 Å². The molecule has 9 nitrogen and oxygen atoms in total. The molecule has 0 amide bonds. The molecule has 18 N–H and O–H groups in total. The molecule has 0 saturated carbocycles. The summed E-state index contributed by atoms with van der Waals surface area (Å²) >= 11 is 0. The third-order valence-corrected chi connectivity index (χ3v) is 1.59. The summed E-state index contributed by atoms with van der Waals surface area (Å²) in [7, 11) is 0. The third-order valence-electron chi connectivity index (χ3n) is 1.59. The zero-order valence-electron chi connectivity index (χ0n) is 11.5. The molecule has 0 bridgehead atoms. The molecule has 0 saturated heterocycles. The smallest absolute Gasteiger partial charge is 1.00 e. The molecule has 0 fully saturated rings. The fourth-order valence-corrected chi connectivity index (χ4v) is 0.881. The van der Waals surface area contributed by atoms with E-state index < -0.39 is 0 Å². The van der Waals surface area contributed by atoms with Gasteiger partial charge in [-0.25, -0.2) is 0 Å². The zero-order valence-corrected chi connectivity index (χ0v) is 14.0. The van der Waals surface area contributed by atoms with Crippen LogP contribution in [0.25, 0.3) is 0 Å². The van der Waals surface area contributed by atoms with Gasteiger partial charge in [0.25, 0.3) is 0 Å². The van der Waals surface area contributed by atoms with E-state index in [1.807, 2.05) is 0 Å². The Labute approximate surface area is 143 Å². The van der Waals surface area contributed by atoms with Gasteiger partial charge in [-0.1, -0.05) is 0 Å². The summed E-state index contributed by atoms with van der Waals surface area (Å²) in [5.41, 5.74) is 10.7. The first-order valence-corrected chi connectivity index (χ1v) is 4.73. The van der Waals surface area contributed by atoms with E-state index in [4.69, 9.17) is 11.5 Å². The second-order valence-corrected chi connectivity index (χ2v) is 2.78. The standard InChI is InChI=1S/C8H22N4.2ClH.Ni.5H2O/c9-3-1-5-11-7-8-12-6-2-4-10;;;;;;;;/h11-12H,1-10H2;2*1H;;5*1H2/q;;;+2;;;;;. The van der Waals surface area contributed by atoms with Gasteiger partial charge >= 0.3 is 16.5 Å². The molecule has 20 heavy (non-hydrogen) atoms. The van der Waals surface area contributed by atoms with E-state index in [1.165, 1.54) is 0 Å². The first-order chi connectivity index (χ1) is 5.91. The molecule has 138 valence electrons. The van der Waals surface area contributed by atoms with Gasteiger partial charge in [0.15, 0.2) is 0 Å². The summed E-state index contributed by atoms with van der Waals surface area (Å²) in [4.78, 5) is 0.